The van der Waals surface area contributed by atoms with Crippen molar-refractivity contribution in [3.63, 3.8) is 0 Å². The van der Waals surface area contributed by atoms with Crippen LogP contribution in [0.1, 0.15) is 19.8 Å². The van der Waals surface area contributed by atoms with Crippen LogP contribution in [0.15, 0.2) is 12.2 Å². The highest BCUT2D eigenvalue weighted by atomic mass is 16.2. The van der Waals surface area contributed by atoms with Crippen molar-refractivity contribution in [3.8, 4) is 0 Å². The van der Waals surface area contributed by atoms with Gasteiger partial charge in [-0.25, -0.2) is 0 Å². The van der Waals surface area contributed by atoms with Crippen molar-refractivity contribution in [1.29, 1.82) is 0 Å². The lowest BCUT2D eigenvalue weighted by molar-refractivity contribution is -0.134. The van der Waals surface area contributed by atoms with Gasteiger partial charge in [0.05, 0.1) is 0 Å². The van der Waals surface area contributed by atoms with Crippen molar-refractivity contribution < 1.29 is 9.59 Å². The molecule has 4 nitrogen and oxygen atoms in total. The number of primary amides is 1. The standard InChI is InChI=1S/C9H14N2O2/c1-6(2)9(13)11-5-3-4-7(11)8(10)12/h7H,1,3-5H2,2H3,(H2,10,12)/t7-/m0/s1. The van der Waals surface area contributed by atoms with Crippen LogP contribution in [0.4, 0.5) is 0 Å². The number of amides is 2. The number of carbonyl (C=O) groups excluding carboxylic acids is 2. The molecule has 1 fully saturated rings. The Hall–Kier alpha value is -1.32. The van der Waals surface area contributed by atoms with Crippen LogP contribution in [0.25, 0.3) is 0 Å². The Morgan fingerprint density at radius 1 is 1.54 bits per heavy atom. The molecule has 0 aromatic carbocycles. The molecule has 2 N–H and O–H groups in total. The van der Waals surface area contributed by atoms with E-state index in [0.717, 1.165) is 6.42 Å². The molecular formula is C9H14N2O2. The molecule has 1 aliphatic rings. The lowest BCUT2D eigenvalue weighted by atomic mass is 10.2. The summed E-state index contributed by atoms with van der Waals surface area (Å²) in [6.07, 6.45) is 1.51. The van der Waals surface area contributed by atoms with E-state index in [9.17, 15) is 9.59 Å². The van der Waals surface area contributed by atoms with Crippen LogP contribution in [0.2, 0.25) is 0 Å². The fourth-order valence-corrected chi connectivity index (χ4v) is 1.55. The van der Waals surface area contributed by atoms with Gasteiger partial charge in [-0.05, 0) is 19.8 Å². The second kappa shape index (κ2) is 3.60. The molecule has 0 saturated carbocycles. The Bertz CT molecular complexity index is 260. The topological polar surface area (TPSA) is 63.4 Å². The quantitative estimate of drug-likeness (QED) is 0.613. The van der Waals surface area contributed by atoms with E-state index in [1.54, 1.807) is 6.92 Å². The van der Waals surface area contributed by atoms with Gasteiger partial charge in [0.1, 0.15) is 6.04 Å². The van der Waals surface area contributed by atoms with Crippen LogP contribution in [-0.4, -0.2) is 29.3 Å². The molecule has 0 bridgehead atoms. The molecule has 72 valence electrons. The number of rotatable bonds is 2. The van der Waals surface area contributed by atoms with Gasteiger partial charge in [-0.1, -0.05) is 6.58 Å². The third-order valence-electron chi connectivity index (χ3n) is 2.21. The van der Waals surface area contributed by atoms with Gasteiger partial charge >= 0.3 is 0 Å². The summed E-state index contributed by atoms with van der Waals surface area (Å²) in [6.45, 7) is 5.80. The smallest absolute Gasteiger partial charge is 0.249 e. The first-order valence-corrected chi connectivity index (χ1v) is 4.30. The summed E-state index contributed by atoms with van der Waals surface area (Å²) in [5.74, 6) is -0.589. The lowest BCUT2D eigenvalue weighted by Gasteiger charge is -2.21. The average Bonchev–Trinajstić information content (AvgIpc) is 2.50. The summed E-state index contributed by atoms with van der Waals surface area (Å²) >= 11 is 0. The molecule has 2 amide bonds. The molecule has 1 aliphatic heterocycles. The van der Waals surface area contributed by atoms with Crippen molar-refractivity contribution in [2.75, 3.05) is 6.54 Å². The van der Waals surface area contributed by atoms with E-state index in [2.05, 4.69) is 6.58 Å². The van der Waals surface area contributed by atoms with Crippen LogP contribution >= 0.6 is 0 Å². The Balaban J connectivity index is 2.74. The average molecular weight is 182 g/mol. The molecule has 0 aliphatic carbocycles. The normalized spacial score (nSPS) is 21.6. The first-order valence-electron chi connectivity index (χ1n) is 4.30. The predicted molar refractivity (Wildman–Crippen MR) is 48.7 cm³/mol. The van der Waals surface area contributed by atoms with Crippen molar-refractivity contribution in [2.24, 2.45) is 5.73 Å². The number of nitrogens with zero attached hydrogens (tertiary/aromatic N) is 1. The molecule has 0 unspecified atom stereocenters. The van der Waals surface area contributed by atoms with Crippen LogP contribution in [-0.2, 0) is 9.59 Å². The van der Waals surface area contributed by atoms with Gasteiger partial charge in [0.2, 0.25) is 11.8 Å². The molecule has 1 saturated heterocycles. The second-order valence-electron chi connectivity index (χ2n) is 3.34. The summed E-state index contributed by atoms with van der Waals surface area (Å²) in [7, 11) is 0. The van der Waals surface area contributed by atoms with Crippen molar-refractivity contribution in [1.82, 2.24) is 4.90 Å². The van der Waals surface area contributed by atoms with Gasteiger partial charge in [-0.15, -0.1) is 0 Å². The summed E-state index contributed by atoms with van der Waals surface area (Å²) in [5.41, 5.74) is 5.62. The van der Waals surface area contributed by atoms with Crippen LogP contribution in [0, 0.1) is 0 Å². The van der Waals surface area contributed by atoms with Crippen molar-refractivity contribution >= 4 is 11.8 Å². The van der Waals surface area contributed by atoms with E-state index in [1.165, 1.54) is 4.90 Å². The fourth-order valence-electron chi connectivity index (χ4n) is 1.55. The molecule has 0 aromatic heterocycles. The largest absolute Gasteiger partial charge is 0.368 e. The lowest BCUT2D eigenvalue weighted by Crippen LogP contribution is -2.43. The Morgan fingerprint density at radius 2 is 2.15 bits per heavy atom. The molecule has 1 atom stereocenters. The highest BCUT2D eigenvalue weighted by Gasteiger charge is 2.32. The predicted octanol–water partition coefficient (Wildman–Crippen LogP) is 0.0388. The minimum atomic E-state index is -0.427. The monoisotopic (exact) mass is 182 g/mol. The SMILES string of the molecule is C=C(C)C(=O)N1CCC[C@H]1C(N)=O. The van der Waals surface area contributed by atoms with E-state index < -0.39 is 11.9 Å². The minimum absolute atomic E-state index is 0.165. The zero-order chi connectivity index (χ0) is 10.0. The van der Waals surface area contributed by atoms with E-state index in [1.807, 2.05) is 0 Å². The van der Waals surface area contributed by atoms with Gasteiger partial charge in [-0.2, -0.15) is 0 Å². The molecule has 13 heavy (non-hydrogen) atoms. The maximum Gasteiger partial charge on any atom is 0.249 e. The van der Waals surface area contributed by atoms with Gasteiger partial charge in [-0.3, -0.25) is 9.59 Å². The molecule has 4 heteroatoms. The Labute approximate surface area is 77.4 Å². The second-order valence-corrected chi connectivity index (χ2v) is 3.34. The molecule has 0 radical (unpaired) electrons. The van der Waals surface area contributed by atoms with Crippen LogP contribution < -0.4 is 5.73 Å². The Morgan fingerprint density at radius 3 is 2.62 bits per heavy atom. The van der Waals surface area contributed by atoms with Gasteiger partial charge < -0.3 is 10.6 Å². The molecule has 1 rings (SSSR count). The highest BCUT2D eigenvalue weighted by Crippen LogP contribution is 2.18. The molecular weight excluding hydrogens is 168 g/mol. The summed E-state index contributed by atoms with van der Waals surface area (Å²) in [6, 6.07) is -0.427. The summed E-state index contributed by atoms with van der Waals surface area (Å²) in [5, 5.41) is 0. The van der Waals surface area contributed by atoms with E-state index in [-0.39, 0.29) is 5.91 Å². The maximum atomic E-state index is 11.5. The van der Waals surface area contributed by atoms with Crippen molar-refractivity contribution in [3.05, 3.63) is 12.2 Å². The van der Waals surface area contributed by atoms with E-state index in [0.29, 0.717) is 18.5 Å². The number of hydrogen-bond donors (Lipinski definition) is 1. The number of carbonyl (C=O) groups is 2. The zero-order valence-electron chi connectivity index (χ0n) is 7.75. The number of likely N-dealkylation sites (tertiary alicyclic amines) is 1. The summed E-state index contributed by atoms with van der Waals surface area (Å²) in [4.78, 5) is 23.9. The third kappa shape index (κ3) is 1.88. The number of hydrogen-bond acceptors (Lipinski definition) is 2. The van der Waals surface area contributed by atoms with Gasteiger partial charge in [0, 0.05) is 12.1 Å². The third-order valence-corrected chi connectivity index (χ3v) is 2.21. The molecule has 1 heterocycles. The molecule has 0 aromatic rings. The highest BCUT2D eigenvalue weighted by molar-refractivity contribution is 5.96. The maximum absolute atomic E-state index is 11.5. The van der Waals surface area contributed by atoms with E-state index >= 15 is 0 Å². The first-order chi connectivity index (χ1) is 6.04. The zero-order valence-corrected chi connectivity index (χ0v) is 7.75. The van der Waals surface area contributed by atoms with E-state index in [4.69, 9.17) is 5.73 Å². The van der Waals surface area contributed by atoms with Crippen molar-refractivity contribution in [2.45, 2.75) is 25.8 Å². The van der Waals surface area contributed by atoms with Gasteiger partial charge in [0.15, 0.2) is 0 Å². The van der Waals surface area contributed by atoms with Gasteiger partial charge in [0.25, 0.3) is 0 Å². The minimum Gasteiger partial charge on any atom is -0.368 e. The molecule has 0 spiro atoms. The Kier molecular flexibility index (Phi) is 2.70. The van der Waals surface area contributed by atoms with Crippen LogP contribution in [0.3, 0.4) is 0 Å². The fraction of sp³-hybridized carbons (Fsp3) is 0.556. The first kappa shape index (κ1) is 9.77. The number of nitrogens with two attached hydrogens (primary N) is 1. The summed E-state index contributed by atoms with van der Waals surface area (Å²) < 4.78 is 0. The van der Waals surface area contributed by atoms with Crippen LogP contribution in [0.5, 0.6) is 0 Å².